The Morgan fingerprint density at radius 2 is 1.95 bits per heavy atom. The van der Waals surface area contributed by atoms with Gasteiger partial charge < -0.3 is 5.73 Å². The van der Waals surface area contributed by atoms with Gasteiger partial charge in [-0.1, -0.05) is 35.6 Å². The van der Waals surface area contributed by atoms with E-state index < -0.39 is 0 Å². The molecule has 0 unspecified atom stereocenters. The van der Waals surface area contributed by atoms with Crippen molar-refractivity contribution >= 4 is 11.8 Å². The van der Waals surface area contributed by atoms with Crippen LogP contribution in [0.25, 0.3) is 0 Å². The molecule has 0 saturated carbocycles. The van der Waals surface area contributed by atoms with Crippen LogP contribution in [0.5, 0.6) is 0 Å². The number of aryl methyl sites for hydroxylation is 2. The fourth-order valence-corrected chi connectivity index (χ4v) is 3.01. The van der Waals surface area contributed by atoms with Gasteiger partial charge in [-0.2, -0.15) is 0 Å². The highest BCUT2D eigenvalue weighted by molar-refractivity contribution is 7.98. The highest BCUT2D eigenvalue weighted by Crippen LogP contribution is 2.27. The van der Waals surface area contributed by atoms with Crippen LogP contribution in [0.3, 0.4) is 0 Å². The molecule has 2 aromatic rings. The molecular weight excluding hydrogens is 281 g/mol. The molecule has 0 spiro atoms. The van der Waals surface area contributed by atoms with Crippen LogP contribution in [0.1, 0.15) is 22.3 Å². The Morgan fingerprint density at radius 3 is 2.62 bits per heavy atom. The maximum atomic E-state index is 14.0. The van der Waals surface area contributed by atoms with E-state index in [0.29, 0.717) is 16.9 Å². The lowest BCUT2D eigenvalue weighted by Gasteiger charge is -2.07. The molecule has 0 heterocycles. The second-order valence-corrected chi connectivity index (χ2v) is 5.89. The zero-order chi connectivity index (χ0) is 15.2. The molecule has 3 heteroatoms. The Labute approximate surface area is 129 Å². The Balaban J connectivity index is 2.09. The monoisotopic (exact) mass is 299 g/mol. The van der Waals surface area contributed by atoms with Crippen LogP contribution in [0.4, 0.5) is 4.39 Å². The Kier molecular flexibility index (Phi) is 5.44. The second kappa shape index (κ2) is 7.31. The van der Waals surface area contributed by atoms with Crippen molar-refractivity contribution in [3.63, 3.8) is 0 Å². The average Bonchev–Trinajstić information content (AvgIpc) is 2.45. The molecule has 0 radical (unpaired) electrons. The van der Waals surface area contributed by atoms with Gasteiger partial charge in [0.2, 0.25) is 0 Å². The Morgan fingerprint density at radius 1 is 1.14 bits per heavy atom. The molecule has 2 aromatic carbocycles. The van der Waals surface area contributed by atoms with Crippen LogP contribution in [0.15, 0.2) is 41.3 Å². The normalized spacial score (nSPS) is 10.1. The molecule has 108 valence electrons. The van der Waals surface area contributed by atoms with E-state index in [-0.39, 0.29) is 12.4 Å². The molecule has 21 heavy (non-hydrogen) atoms. The van der Waals surface area contributed by atoms with Crippen molar-refractivity contribution < 1.29 is 4.39 Å². The fourth-order valence-electron chi connectivity index (χ4n) is 2.01. The molecule has 2 rings (SSSR count). The molecule has 0 saturated heterocycles. The fraction of sp³-hybridized carbons (Fsp3) is 0.222. The third-order valence-electron chi connectivity index (χ3n) is 3.10. The minimum atomic E-state index is -0.212. The van der Waals surface area contributed by atoms with Crippen molar-refractivity contribution in [1.29, 1.82) is 0 Å². The van der Waals surface area contributed by atoms with Gasteiger partial charge in [0.05, 0.1) is 6.54 Å². The molecule has 0 aliphatic heterocycles. The van der Waals surface area contributed by atoms with Gasteiger partial charge in [0.25, 0.3) is 0 Å². The van der Waals surface area contributed by atoms with E-state index in [1.165, 1.54) is 22.1 Å². The molecule has 0 aromatic heterocycles. The molecule has 0 atom stereocenters. The van der Waals surface area contributed by atoms with Gasteiger partial charge in [-0.15, -0.1) is 11.8 Å². The molecule has 0 amide bonds. The Bertz CT molecular complexity index is 698. The minimum Gasteiger partial charge on any atom is -0.320 e. The van der Waals surface area contributed by atoms with Crippen LogP contribution in [-0.4, -0.2) is 6.54 Å². The maximum Gasteiger partial charge on any atom is 0.128 e. The first kappa shape index (κ1) is 15.6. The SMILES string of the molecule is Cc1ccc(SCc2ccc(C#CCN)cc2F)c(C)c1. The number of halogens is 1. The summed E-state index contributed by atoms with van der Waals surface area (Å²) in [6.07, 6.45) is 0. The van der Waals surface area contributed by atoms with Gasteiger partial charge in [-0.05, 0) is 43.2 Å². The second-order valence-electron chi connectivity index (χ2n) is 4.87. The number of rotatable bonds is 3. The summed E-state index contributed by atoms with van der Waals surface area (Å²) in [4.78, 5) is 1.19. The van der Waals surface area contributed by atoms with Crippen LogP contribution >= 0.6 is 11.8 Å². The predicted octanol–water partition coefficient (Wildman–Crippen LogP) is 4.05. The summed E-state index contributed by atoms with van der Waals surface area (Å²) >= 11 is 1.65. The van der Waals surface area contributed by atoms with Crippen LogP contribution < -0.4 is 5.73 Å². The number of thioether (sulfide) groups is 1. The molecule has 0 fully saturated rings. The van der Waals surface area contributed by atoms with Crippen LogP contribution in [0.2, 0.25) is 0 Å². The van der Waals surface area contributed by atoms with Crippen LogP contribution in [0, 0.1) is 31.5 Å². The van der Waals surface area contributed by atoms with Gasteiger partial charge >= 0.3 is 0 Å². The standard InChI is InChI=1S/C18H18FNS/c1-13-5-8-18(14(2)10-13)21-12-16-7-6-15(4-3-9-20)11-17(16)19/h5-8,10-11H,9,12,20H2,1-2H3. The zero-order valence-corrected chi connectivity index (χ0v) is 13.1. The molecular formula is C18H18FNS. The molecule has 1 nitrogen and oxygen atoms in total. The average molecular weight is 299 g/mol. The summed E-state index contributed by atoms with van der Waals surface area (Å²) in [5.74, 6) is 5.97. The first-order valence-electron chi connectivity index (χ1n) is 6.77. The van der Waals surface area contributed by atoms with E-state index in [4.69, 9.17) is 5.73 Å². The molecule has 0 aliphatic rings. The van der Waals surface area contributed by atoms with Crippen molar-refractivity contribution in [1.82, 2.24) is 0 Å². The third-order valence-corrected chi connectivity index (χ3v) is 4.33. The highest BCUT2D eigenvalue weighted by atomic mass is 32.2. The van der Waals surface area contributed by atoms with Gasteiger partial charge in [0.1, 0.15) is 5.82 Å². The first-order valence-corrected chi connectivity index (χ1v) is 7.76. The summed E-state index contributed by atoms with van der Waals surface area (Å²) in [6, 6.07) is 11.4. The lowest BCUT2D eigenvalue weighted by molar-refractivity contribution is 0.617. The summed E-state index contributed by atoms with van der Waals surface area (Å²) in [5, 5.41) is 0. The van der Waals surface area contributed by atoms with Crippen molar-refractivity contribution in [3.8, 4) is 11.8 Å². The highest BCUT2D eigenvalue weighted by Gasteiger charge is 2.05. The zero-order valence-electron chi connectivity index (χ0n) is 12.2. The summed E-state index contributed by atoms with van der Waals surface area (Å²) in [7, 11) is 0. The van der Waals surface area contributed by atoms with E-state index >= 15 is 0 Å². The van der Waals surface area contributed by atoms with E-state index in [0.717, 1.165) is 0 Å². The van der Waals surface area contributed by atoms with Crippen molar-refractivity contribution in [2.75, 3.05) is 6.54 Å². The number of benzene rings is 2. The Hall–Kier alpha value is -1.76. The molecule has 2 N–H and O–H groups in total. The van der Waals surface area contributed by atoms with E-state index in [9.17, 15) is 4.39 Å². The first-order chi connectivity index (χ1) is 10.1. The third kappa shape index (κ3) is 4.35. The summed E-state index contributed by atoms with van der Waals surface area (Å²) in [5.41, 5.74) is 9.14. The van der Waals surface area contributed by atoms with Gasteiger partial charge in [0, 0.05) is 16.2 Å². The number of hydrogen-bond acceptors (Lipinski definition) is 2. The minimum absolute atomic E-state index is 0.212. The lowest BCUT2D eigenvalue weighted by atomic mass is 10.1. The topological polar surface area (TPSA) is 26.0 Å². The van der Waals surface area contributed by atoms with Gasteiger partial charge in [-0.25, -0.2) is 4.39 Å². The van der Waals surface area contributed by atoms with E-state index in [1.807, 2.05) is 6.07 Å². The summed E-state index contributed by atoms with van der Waals surface area (Å²) < 4.78 is 14.0. The molecule has 0 bridgehead atoms. The number of hydrogen-bond donors (Lipinski definition) is 1. The van der Waals surface area contributed by atoms with Crippen LogP contribution in [-0.2, 0) is 5.75 Å². The molecule has 0 aliphatic carbocycles. The summed E-state index contributed by atoms with van der Waals surface area (Å²) in [6.45, 7) is 4.44. The predicted molar refractivity (Wildman–Crippen MR) is 87.8 cm³/mol. The van der Waals surface area contributed by atoms with Gasteiger partial charge in [-0.3, -0.25) is 0 Å². The largest absolute Gasteiger partial charge is 0.320 e. The van der Waals surface area contributed by atoms with Crippen molar-refractivity contribution in [2.45, 2.75) is 24.5 Å². The smallest absolute Gasteiger partial charge is 0.128 e. The maximum absolute atomic E-state index is 14.0. The van der Waals surface area contributed by atoms with Crippen molar-refractivity contribution in [2.24, 2.45) is 5.73 Å². The quantitative estimate of drug-likeness (QED) is 0.683. The number of nitrogens with two attached hydrogens (primary N) is 1. The van der Waals surface area contributed by atoms with Crippen molar-refractivity contribution in [3.05, 3.63) is 64.5 Å². The van der Waals surface area contributed by atoms with Gasteiger partial charge in [0.15, 0.2) is 0 Å². The van der Waals surface area contributed by atoms with E-state index in [2.05, 4.69) is 43.9 Å². The van der Waals surface area contributed by atoms with E-state index in [1.54, 1.807) is 17.8 Å². The lowest BCUT2D eigenvalue weighted by Crippen LogP contribution is -1.94.